The summed E-state index contributed by atoms with van der Waals surface area (Å²) in [5, 5.41) is 25.5. The highest BCUT2D eigenvalue weighted by Crippen LogP contribution is 2.37. The average molecular weight is 605 g/mol. The number of aromatic nitrogens is 7. The van der Waals surface area contributed by atoms with Crippen LogP contribution < -0.4 is 9.47 Å². The Morgan fingerprint density at radius 1 is 1.16 bits per heavy atom. The van der Waals surface area contributed by atoms with Gasteiger partial charge in [0.15, 0.2) is 6.23 Å². The predicted octanol–water partition coefficient (Wildman–Crippen LogP) is 4.59. The highest BCUT2D eigenvalue weighted by atomic mass is 16.5. The summed E-state index contributed by atoms with van der Waals surface area (Å²) in [6.45, 7) is 13.2. The molecule has 2 aliphatic rings. The molecule has 0 aromatic carbocycles. The van der Waals surface area contributed by atoms with Gasteiger partial charge in [0.1, 0.15) is 6.10 Å². The minimum Gasteiger partial charge on any atom is -0.476 e. The first-order valence-corrected chi connectivity index (χ1v) is 15.7. The van der Waals surface area contributed by atoms with Crippen LogP contribution in [0.2, 0.25) is 0 Å². The van der Waals surface area contributed by atoms with Crippen LogP contribution in [0.1, 0.15) is 75.8 Å². The Bertz CT molecular complexity index is 1650. The Hall–Kier alpha value is -3.74. The molecule has 6 rings (SSSR count). The SMILES string of the molecule is CCOc1nn(CCO)c2c1/C=C\c1nn(C3CCCCO3)c3cnc(cc13)-c1c(C)nn(C)c1O[C@@H](C)CN(C(C)C)C2. The van der Waals surface area contributed by atoms with Crippen LogP contribution in [0.4, 0.5) is 0 Å². The summed E-state index contributed by atoms with van der Waals surface area (Å²) in [6, 6.07) is 2.31. The Morgan fingerprint density at radius 3 is 2.73 bits per heavy atom. The fraction of sp³-hybridized carbons (Fsp3) is 0.562. The smallest absolute Gasteiger partial charge is 0.240 e. The summed E-state index contributed by atoms with van der Waals surface area (Å²) >= 11 is 0. The zero-order valence-electron chi connectivity index (χ0n) is 26.7. The molecular weight excluding hydrogens is 560 g/mol. The van der Waals surface area contributed by atoms with E-state index >= 15 is 0 Å². The Morgan fingerprint density at radius 2 is 2.00 bits per heavy atom. The van der Waals surface area contributed by atoms with Gasteiger partial charge in [-0.2, -0.15) is 10.2 Å². The summed E-state index contributed by atoms with van der Waals surface area (Å²) < 4.78 is 24.5. The van der Waals surface area contributed by atoms with Gasteiger partial charge in [-0.25, -0.2) is 9.36 Å². The van der Waals surface area contributed by atoms with E-state index in [4.69, 9.17) is 34.5 Å². The lowest BCUT2D eigenvalue weighted by Gasteiger charge is -2.30. The van der Waals surface area contributed by atoms with E-state index in [0.29, 0.717) is 44.6 Å². The first-order valence-electron chi connectivity index (χ1n) is 15.7. The zero-order valence-corrected chi connectivity index (χ0v) is 26.7. The molecule has 12 nitrogen and oxygen atoms in total. The lowest BCUT2D eigenvalue weighted by molar-refractivity contribution is -0.0367. The number of aliphatic hydroxyl groups is 1. The third-order valence-electron chi connectivity index (χ3n) is 8.43. The largest absolute Gasteiger partial charge is 0.476 e. The van der Waals surface area contributed by atoms with Crippen molar-refractivity contribution in [3.8, 4) is 23.0 Å². The van der Waals surface area contributed by atoms with Gasteiger partial charge in [0.25, 0.3) is 0 Å². The number of aryl methyl sites for hydroxylation is 2. The van der Waals surface area contributed by atoms with Gasteiger partial charge in [-0.3, -0.25) is 14.6 Å². The minimum atomic E-state index is -0.152. The summed E-state index contributed by atoms with van der Waals surface area (Å²) in [7, 11) is 1.91. The molecule has 44 heavy (non-hydrogen) atoms. The van der Waals surface area contributed by atoms with E-state index in [9.17, 15) is 5.11 Å². The molecule has 2 bridgehead atoms. The molecule has 4 aromatic rings. The van der Waals surface area contributed by atoms with Crippen LogP contribution in [-0.2, 0) is 24.9 Å². The second-order valence-corrected chi connectivity index (χ2v) is 12.0. The van der Waals surface area contributed by atoms with E-state index in [1.807, 2.05) is 48.6 Å². The first-order chi connectivity index (χ1) is 21.3. The Kier molecular flexibility index (Phi) is 8.75. The van der Waals surface area contributed by atoms with Crippen molar-refractivity contribution < 1.29 is 19.3 Å². The molecule has 0 aliphatic carbocycles. The second kappa shape index (κ2) is 12.7. The highest BCUT2D eigenvalue weighted by molar-refractivity contribution is 5.92. The van der Waals surface area contributed by atoms with Gasteiger partial charge in [-0.05, 0) is 72.1 Å². The van der Waals surface area contributed by atoms with Gasteiger partial charge in [-0.1, -0.05) is 0 Å². The molecule has 1 N–H and O–H groups in total. The molecule has 0 amide bonds. The lowest BCUT2D eigenvalue weighted by Crippen LogP contribution is -2.39. The predicted molar refractivity (Wildman–Crippen MR) is 168 cm³/mol. The van der Waals surface area contributed by atoms with Gasteiger partial charge in [0.05, 0.1) is 65.4 Å². The zero-order chi connectivity index (χ0) is 31.0. The van der Waals surface area contributed by atoms with Crippen molar-refractivity contribution in [2.45, 2.75) is 85.3 Å². The third kappa shape index (κ3) is 5.73. The van der Waals surface area contributed by atoms with E-state index in [-0.39, 0.29) is 25.0 Å². The standard InChI is InChI=1S/C32H44N8O4/c1-7-42-31-23-11-12-25-24-16-26(33-17-27(24)40(35-25)29-10-8-9-15-43-29)30-22(5)34-37(6)32(30)44-21(4)18-38(20(2)3)19-28(23)39(36-31)13-14-41/h11-12,16-17,20-21,29,41H,7-10,13-15,18-19H2,1-6H3/b12-11-/t21-,29?/m0/s1. The summed E-state index contributed by atoms with van der Waals surface area (Å²) in [5.74, 6) is 1.23. The number of aliphatic hydroxyl groups excluding tert-OH is 1. The van der Waals surface area contributed by atoms with E-state index in [1.54, 1.807) is 4.68 Å². The first kappa shape index (κ1) is 30.3. The van der Waals surface area contributed by atoms with E-state index < -0.39 is 0 Å². The highest BCUT2D eigenvalue weighted by Gasteiger charge is 2.27. The molecule has 0 radical (unpaired) electrons. The van der Waals surface area contributed by atoms with Crippen LogP contribution in [0, 0.1) is 6.92 Å². The number of nitrogens with zero attached hydrogens (tertiary/aromatic N) is 8. The van der Waals surface area contributed by atoms with Crippen LogP contribution in [-0.4, -0.2) is 82.8 Å². The molecule has 4 aromatic heterocycles. The van der Waals surface area contributed by atoms with Gasteiger partial charge < -0.3 is 19.3 Å². The number of fused-ring (bicyclic) bond motifs is 4. The van der Waals surface area contributed by atoms with Crippen molar-refractivity contribution >= 4 is 23.1 Å². The molecular formula is C32H44N8O4. The van der Waals surface area contributed by atoms with E-state index in [2.05, 4.69) is 31.7 Å². The van der Waals surface area contributed by atoms with Crippen molar-refractivity contribution in [1.29, 1.82) is 0 Å². The molecule has 1 saturated heterocycles. The summed E-state index contributed by atoms with van der Waals surface area (Å²) in [6.07, 6.45) is 8.72. The number of hydrogen-bond acceptors (Lipinski definition) is 9. The van der Waals surface area contributed by atoms with E-state index in [1.165, 1.54) is 0 Å². The van der Waals surface area contributed by atoms with Crippen LogP contribution in [0.3, 0.4) is 0 Å². The molecule has 0 saturated carbocycles. The fourth-order valence-corrected chi connectivity index (χ4v) is 6.24. The molecule has 2 atom stereocenters. The van der Waals surface area contributed by atoms with Crippen LogP contribution in [0.15, 0.2) is 12.3 Å². The van der Waals surface area contributed by atoms with E-state index in [0.717, 1.165) is 64.1 Å². The van der Waals surface area contributed by atoms with Gasteiger partial charge in [0, 0.05) is 38.2 Å². The normalized spacial score (nSPS) is 20.3. The van der Waals surface area contributed by atoms with Crippen LogP contribution in [0.25, 0.3) is 34.3 Å². The summed E-state index contributed by atoms with van der Waals surface area (Å²) in [5.41, 5.74) is 6.07. The average Bonchev–Trinajstić information content (AvgIpc) is 3.62. The van der Waals surface area contributed by atoms with Crippen LogP contribution in [0.5, 0.6) is 11.8 Å². The maximum absolute atomic E-state index is 9.92. The molecule has 1 unspecified atom stereocenters. The van der Waals surface area contributed by atoms with Crippen molar-refractivity contribution in [3.05, 3.63) is 34.9 Å². The Balaban J connectivity index is 1.59. The van der Waals surface area contributed by atoms with Crippen molar-refractivity contribution in [3.63, 3.8) is 0 Å². The third-order valence-corrected chi connectivity index (χ3v) is 8.43. The quantitative estimate of drug-likeness (QED) is 0.337. The van der Waals surface area contributed by atoms with Gasteiger partial charge in [0.2, 0.25) is 11.8 Å². The molecule has 0 spiro atoms. The topological polar surface area (TPSA) is 118 Å². The maximum Gasteiger partial charge on any atom is 0.240 e. The number of pyridine rings is 1. The molecule has 2 aliphatic heterocycles. The molecule has 1 fully saturated rings. The van der Waals surface area contributed by atoms with Crippen LogP contribution >= 0.6 is 0 Å². The summed E-state index contributed by atoms with van der Waals surface area (Å²) in [4.78, 5) is 7.28. The van der Waals surface area contributed by atoms with Crippen molar-refractivity contribution in [2.24, 2.45) is 7.05 Å². The minimum absolute atomic E-state index is 0.0284. The maximum atomic E-state index is 9.92. The van der Waals surface area contributed by atoms with Crippen molar-refractivity contribution in [1.82, 2.24) is 39.2 Å². The fourth-order valence-electron chi connectivity index (χ4n) is 6.24. The van der Waals surface area contributed by atoms with Gasteiger partial charge in [-0.15, -0.1) is 5.10 Å². The van der Waals surface area contributed by atoms with Crippen molar-refractivity contribution in [2.75, 3.05) is 26.4 Å². The molecule has 12 heteroatoms. The monoisotopic (exact) mass is 604 g/mol. The number of hydrogen-bond donors (Lipinski definition) is 1. The number of rotatable bonds is 6. The second-order valence-electron chi connectivity index (χ2n) is 12.0. The molecule has 6 heterocycles. The number of ether oxygens (including phenoxy) is 3. The molecule has 236 valence electrons. The van der Waals surface area contributed by atoms with Gasteiger partial charge >= 0.3 is 0 Å². The lowest BCUT2D eigenvalue weighted by atomic mass is 10.1. The Labute approximate surface area is 258 Å².